The summed E-state index contributed by atoms with van der Waals surface area (Å²) in [6, 6.07) is 0. The van der Waals surface area contributed by atoms with Crippen LogP contribution in [0.2, 0.25) is 0 Å². The van der Waals surface area contributed by atoms with Gasteiger partial charge in [-0.05, 0) is 6.92 Å². The molecular weight excluding hydrogens is 340 g/mol. The molecule has 2 heterocycles. The summed E-state index contributed by atoms with van der Waals surface area (Å²) in [6.45, 7) is 2.13. The first-order valence-electron chi connectivity index (χ1n) is 6.23. The van der Waals surface area contributed by atoms with Gasteiger partial charge in [-0.1, -0.05) is 0 Å². The summed E-state index contributed by atoms with van der Waals surface area (Å²) in [6.07, 6.45) is 1.11. The summed E-state index contributed by atoms with van der Waals surface area (Å²) in [5.74, 6) is -0.0117. The zero-order valence-electron chi connectivity index (χ0n) is 11.7. The molecular formula is C10H17ClN4O4S2. The standard InChI is InChI=1S/C10H17ClN4O4S2/c1-8-10(9(7-11)13-12-8)21(18,19)15-5-3-14(4-6-15)20(2,16)17/h3-7H2,1-2H3,(H,12,13). The van der Waals surface area contributed by atoms with E-state index in [1.807, 2.05) is 0 Å². The van der Waals surface area contributed by atoms with Gasteiger partial charge in [-0.3, -0.25) is 5.10 Å². The zero-order chi connectivity index (χ0) is 15.8. The van der Waals surface area contributed by atoms with Gasteiger partial charge in [0.15, 0.2) is 0 Å². The highest BCUT2D eigenvalue weighted by Crippen LogP contribution is 2.24. The first kappa shape index (κ1) is 16.7. The fourth-order valence-electron chi connectivity index (χ4n) is 2.27. The number of aromatic amines is 1. The Morgan fingerprint density at radius 3 is 2.14 bits per heavy atom. The van der Waals surface area contributed by atoms with Gasteiger partial charge in [0.05, 0.1) is 23.5 Å². The Balaban J connectivity index is 2.25. The summed E-state index contributed by atoms with van der Waals surface area (Å²) in [7, 11) is -7.02. The zero-order valence-corrected chi connectivity index (χ0v) is 14.1. The van der Waals surface area contributed by atoms with Gasteiger partial charge in [0.25, 0.3) is 0 Å². The molecule has 1 N–H and O–H groups in total. The largest absolute Gasteiger partial charge is 0.281 e. The summed E-state index contributed by atoms with van der Waals surface area (Å²) in [5.41, 5.74) is 0.705. The van der Waals surface area contributed by atoms with Crippen molar-refractivity contribution in [3.05, 3.63) is 11.4 Å². The highest BCUT2D eigenvalue weighted by Gasteiger charge is 2.34. The van der Waals surface area contributed by atoms with E-state index in [1.54, 1.807) is 6.92 Å². The minimum Gasteiger partial charge on any atom is -0.281 e. The van der Waals surface area contributed by atoms with Crippen LogP contribution in [-0.2, 0) is 25.9 Å². The molecule has 1 aliphatic heterocycles. The Kier molecular flexibility index (Phi) is 4.64. The number of sulfonamides is 2. The molecule has 0 amide bonds. The maximum atomic E-state index is 12.6. The van der Waals surface area contributed by atoms with E-state index in [1.165, 1.54) is 8.61 Å². The van der Waals surface area contributed by atoms with Crippen LogP contribution in [0.15, 0.2) is 4.90 Å². The molecule has 120 valence electrons. The second kappa shape index (κ2) is 5.84. The number of nitrogens with zero attached hydrogens (tertiary/aromatic N) is 3. The lowest BCUT2D eigenvalue weighted by atomic mass is 10.4. The smallest absolute Gasteiger partial charge is 0.246 e. The Morgan fingerprint density at radius 1 is 1.14 bits per heavy atom. The Morgan fingerprint density at radius 2 is 1.67 bits per heavy atom. The van der Waals surface area contributed by atoms with E-state index in [0.717, 1.165) is 6.26 Å². The normalized spacial score (nSPS) is 19.0. The molecule has 0 saturated carbocycles. The fourth-order valence-corrected chi connectivity index (χ4v) is 5.12. The van der Waals surface area contributed by atoms with Gasteiger partial charge in [-0.15, -0.1) is 11.6 Å². The molecule has 2 rings (SSSR count). The number of rotatable bonds is 4. The number of aromatic nitrogens is 2. The van der Waals surface area contributed by atoms with Crippen LogP contribution in [-0.4, -0.2) is 68.1 Å². The maximum absolute atomic E-state index is 12.6. The minimum absolute atomic E-state index is 0.0117. The lowest BCUT2D eigenvalue weighted by Crippen LogP contribution is -2.50. The molecule has 0 aromatic carbocycles. The van der Waals surface area contributed by atoms with Crippen LogP contribution in [0.3, 0.4) is 0 Å². The predicted molar refractivity (Wildman–Crippen MR) is 78.1 cm³/mol. The average Bonchev–Trinajstić information content (AvgIpc) is 2.79. The molecule has 8 nitrogen and oxygen atoms in total. The molecule has 0 spiro atoms. The topological polar surface area (TPSA) is 103 Å². The molecule has 11 heteroatoms. The van der Waals surface area contributed by atoms with E-state index in [2.05, 4.69) is 10.2 Å². The van der Waals surface area contributed by atoms with Crippen LogP contribution in [0.25, 0.3) is 0 Å². The lowest BCUT2D eigenvalue weighted by molar-refractivity contribution is 0.274. The summed E-state index contributed by atoms with van der Waals surface area (Å²) in [5, 5.41) is 6.50. The second-order valence-corrected chi connectivity index (χ2v) is 8.95. The summed E-state index contributed by atoms with van der Waals surface area (Å²) in [4.78, 5) is 0.0882. The number of halogens is 1. The van der Waals surface area contributed by atoms with Crippen molar-refractivity contribution < 1.29 is 16.8 Å². The van der Waals surface area contributed by atoms with Crippen molar-refractivity contribution in [2.24, 2.45) is 0 Å². The molecule has 0 aliphatic carbocycles. The third kappa shape index (κ3) is 3.24. The van der Waals surface area contributed by atoms with Gasteiger partial charge >= 0.3 is 0 Å². The highest BCUT2D eigenvalue weighted by atomic mass is 35.5. The van der Waals surface area contributed by atoms with E-state index in [4.69, 9.17) is 11.6 Å². The van der Waals surface area contributed by atoms with Crippen molar-refractivity contribution >= 4 is 31.6 Å². The van der Waals surface area contributed by atoms with Gasteiger partial charge < -0.3 is 0 Å². The number of hydrogen-bond donors (Lipinski definition) is 1. The maximum Gasteiger partial charge on any atom is 0.246 e. The predicted octanol–water partition coefficient (Wildman–Crippen LogP) is -0.277. The highest BCUT2D eigenvalue weighted by molar-refractivity contribution is 7.89. The molecule has 0 atom stereocenters. The minimum atomic E-state index is -3.73. The Labute approximate surface area is 129 Å². The van der Waals surface area contributed by atoms with Crippen molar-refractivity contribution in [2.75, 3.05) is 32.4 Å². The van der Waals surface area contributed by atoms with Crippen LogP contribution in [0.5, 0.6) is 0 Å². The second-order valence-electron chi connectivity index (χ2n) is 4.82. The SMILES string of the molecule is Cc1[nH]nc(CCl)c1S(=O)(=O)N1CCN(S(C)(=O)=O)CC1. The fraction of sp³-hybridized carbons (Fsp3) is 0.700. The van der Waals surface area contributed by atoms with E-state index in [-0.39, 0.29) is 42.6 Å². The summed E-state index contributed by atoms with van der Waals surface area (Å²) < 4.78 is 50.7. The van der Waals surface area contributed by atoms with Gasteiger partial charge in [0.2, 0.25) is 20.0 Å². The van der Waals surface area contributed by atoms with Crippen molar-refractivity contribution in [3.63, 3.8) is 0 Å². The van der Waals surface area contributed by atoms with E-state index >= 15 is 0 Å². The molecule has 21 heavy (non-hydrogen) atoms. The molecule has 0 bridgehead atoms. The third-order valence-electron chi connectivity index (χ3n) is 3.35. The number of piperazine rings is 1. The monoisotopic (exact) mass is 356 g/mol. The van der Waals surface area contributed by atoms with Crippen molar-refractivity contribution in [1.29, 1.82) is 0 Å². The van der Waals surface area contributed by atoms with Crippen LogP contribution in [0.1, 0.15) is 11.4 Å². The van der Waals surface area contributed by atoms with E-state index in [0.29, 0.717) is 5.69 Å². The number of alkyl halides is 1. The van der Waals surface area contributed by atoms with Gasteiger partial charge in [0, 0.05) is 26.2 Å². The third-order valence-corrected chi connectivity index (χ3v) is 7.01. The van der Waals surface area contributed by atoms with Crippen LogP contribution in [0, 0.1) is 6.92 Å². The number of H-pyrrole nitrogens is 1. The first-order valence-corrected chi connectivity index (χ1v) is 10.1. The van der Waals surface area contributed by atoms with Crippen LogP contribution in [0.4, 0.5) is 0 Å². The lowest BCUT2D eigenvalue weighted by Gasteiger charge is -2.32. The molecule has 1 aromatic heterocycles. The molecule has 0 radical (unpaired) electrons. The van der Waals surface area contributed by atoms with Gasteiger partial charge in [0.1, 0.15) is 4.90 Å². The van der Waals surface area contributed by atoms with Crippen LogP contribution < -0.4 is 0 Å². The Bertz CT molecular complexity index is 720. The number of hydrogen-bond acceptors (Lipinski definition) is 5. The van der Waals surface area contributed by atoms with Crippen molar-refractivity contribution in [1.82, 2.24) is 18.8 Å². The molecule has 1 aliphatic rings. The van der Waals surface area contributed by atoms with E-state index < -0.39 is 20.0 Å². The molecule has 1 saturated heterocycles. The van der Waals surface area contributed by atoms with Gasteiger partial charge in [-0.2, -0.15) is 13.7 Å². The number of aryl methyl sites for hydroxylation is 1. The molecule has 1 fully saturated rings. The summed E-state index contributed by atoms with van der Waals surface area (Å²) >= 11 is 5.72. The molecule has 1 aromatic rings. The van der Waals surface area contributed by atoms with E-state index in [9.17, 15) is 16.8 Å². The molecule has 0 unspecified atom stereocenters. The van der Waals surface area contributed by atoms with Crippen molar-refractivity contribution in [3.8, 4) is 0 Å². The van der Waals surface area contributed by atoms with Crippen molar-refractivity contribution in [2.45, 2.75) is 17.7 Å². The average molecular weight is 357 g/mol. The quantitative estimate of drug-likeness (QED) is 0.747. The van der Waals surface area contributed by atoms with Crippen LogP contribution >= 0.6 is 11.6 Å². The Hall–Kier alpha value is -0.680. The number of nitrogens with one attached hydrogen (secondary N) is 1. The first-order chi connectivity index (χ1) is 9.67. The van der Waals surface area contributed by atoms with Gasteiger partial charge in [-0.25, -0.2) is 16.8 Å².